The fraction of sp³-hybridized carbons (Fsp3) is 0.890. The van der Waals surface area contributed by atoms with Crippen molar-refractivity contribution < 1.29 is 49.3 Å². The maximum absolute atomic E-state index is 13.0. The van der Waals surface area contributed by atoms with E-state index in [1.165, 1.54) is 276 Å². The van der Waals surface area contributed by atoms with E-state index in [2.05, 4.69) is 43.5 Å². The minimum absolute atomic E-state index is 0.0122. The van der Waals surface area contributed by atoms with Crippen molar-refractivity contribution in [3.8, 4) is 0 Å². The number of aliphatic hydroxyl groups excluding tert-OH is 5. The Bertz CT molecular complexity index is 1490. The zero-order chi connectivity index (χ0) is 60.9. The molecule has 0 aromatic heterocycles. The largest absolute Gasteiger partial charge is 0.466 e. The average molecular weight is 1190 g/mol. The summed E-state index contributed by atoms with van der Waals surface area (Å²) in [5.41, 5.74) is 0. The van der Waals surface area contributed by atoms with Gasteiger partial charge in [-0.25, -0.2) is 0 Å². The summed E-state index contributed by atoms with van der Waals surface area (Å²) in [4.78, 5) is 25.1. The molecular weight excluding hydrogens is 1050 g/mol. The summed E-state index contributed by atoms with van der Waals surface area (Å²) in [6.45, 7) is 4.34. The van der Waals surface area contributed by atoms with Crippen molar-refractivity contribution in [2.75, 3.05) is 19.8 Å². The Morgan fingerprint density at radius 3 is 1.18 bits per heavy atom. The number of allylic oxidation sites excluding steroid dienone is 5. The van der Waals surface area contributed by atoms with Crippen LogP contribution in [0.4, 0.5) is 0 Å². The quantitative estimate of drug-likeness (QED) is 0.0195. The number of ether oxygens (including phenoxy) is 3. The predicted molar refractivity (Wildman–Crippen MR) is 352 cm³/mol. The van der Waals surface area contributed by atoms with Crippen LogP contribution >= 0.6 is 0 Å². The van der Waals surface area contributed by atoms with Gasteiger partial charge in [-0.2, -0.15) is 0 Å². The van der Waals surface area contributed by atoms with E-state index in [4.69, 9.17) is 14.2 Å². The van der Waals surface area contributed by atoms with Gasteiger partial charge in [-0.15, -0.1) is 0 Å². The van der Waals surface area contributed by atoms with E-state index < -0.39 is 49.5 Å². The lowest BCUT2D eigenvalue weighted by Gasteiger charge is -2.40. The van der Waals surface area contributed by atoms with Crippen LogP contribution in [0.2, 0.25) is 0 Å². The number of amides is 1. The van der Waals surface area contributed by atoms with Gasteiger partial charge in [0, 0.05) is 12.8 Å². The number of unbranched alkanes of at least 4 members (excludes halogenated alkanes) is 46. The summed E-state index contributed by atoms with van der Waals surface area (Å²) in [6, 6.07) is -0.824. The second kappa shape index (κ2) is 62.5. The highest BCUT2D eigenvalue weighted by Crippen LogP contribution is 2.23. The summed E-state index contributed by atoms with van der Waals surface area (Å²) in [7, 11) is 0. The minimum atomic E-state index is -1.57. The molecule has 11 heteroatoms. The lowest BCUT2D eigenvalue weighted by Crippen LogP contribution is -2.60. The molecule has 1 rings (SSSR count). The molecule has 1 aliphatic heterocycles. The molecule has 84 heavy (non-hydrogen) atoms. The molecule has 7 atom stereocenters. The topological polar surface area (TPSA) is 175 Å². The molecule has 0 saturated carbocycles. The molecule has 11 nitrogen and oxygen atoms in total. The first-order valence-corrected chi connectivity index (χ1v) is 36.3. The van der Waals surface area contributed by atoms with Crippen LogP contribution in [-0.2, 0) is 23.8 Å². The van der Waals surface area contributed by atoms with Crippen LogP contribution in [0.15, 0.2) is 36.5 Å². The van der Waals surface area contributed by atoms with E-state index in [9.17, 15) is 35.1 Å². The van der Waals surface area contributed by atoms with E-state index in [-0.39, 0.29) is 18.5 Å². The van der Waals surface area contributed by atoms with Gasteiger partial charge in [0.2, 0.25) is 5.91 Å². The third kappa shape index (κ3) is 50.8. The van der Waals surface area contributed by atoms with E-state index >= 15 is 0 Å². The van der Waals surface area contributed by atoms with Crippen LogP contribution in [0.3, 0.4) is 0 Å². The number of carbonyl (C=O) groups is 2. The third-order valence-electron chi connectivity index (χ3n) is 17.2. The Labute approximate surface area is 517 Å². The van der Waals surface area contributed by atoms with Gasteiger partial charge in [-0.1, -0.05) is 307 Å². The summed E-state index contributed by atoms with van der Waals surface area (Å²) >= 11 is 0. The van der Waals surface area contributed by atoms with E-state index in [0.717, 1.165) is 51.4 Å². The van der Waals surface area contributed by atoms with Crippen molar-refractivity contribution >= 4 is 11.9 Å². The average Bonchev–Trinajstić information content (AvgIpc) is 3.27. The fourth-order valence-corrected chi connectivity index (χ4v) is 11.5. The molecule has 1 aliphatic rings. The molecular formula is C73H137NO10. The van der Waals surface area contributed by atoms with Crippen molar-refractivity contribution in [1.82, 2.24) is 5.32 Å². The molecule has 1 amide bonds. The number of nitrogens with one attached hydrogen (secondary N) is 1. The van der Waals surface area contributed by atoms with Gasteiger partial charge in [0.25, 0.3) is 0 Å². The molecule has 1 saturated heterocycles. The van der Waals surface area contributed by atoms with E-state index in [1.807, 2.05) is 6.08 Å². The highest BCUT2D eigenvalue weighted by Gasteiger charge is 2.44. The molecule has 6 N–H and O–H groups in total. The minimum Gasteiger partial charge on any atom is -0.466 e. The number of rotatable bonds is 64. The van der Waals surface area contributed by atoms with Crippen LogP contribution < -0.4 is 5.32 Å². The monoisotopic (exact) mass is 1190 g/mol. The standard InChI is InChI=1S/C73H137NO10/c1-3-5-7-9-11-13-15-41-45-49-53-57-61-69(78)82-62-58-54-50-46-42-38-36-34-32-30-28-26-24-22-20-18-16-17-19-21-23-25-27-29-31-33-35-37-40-44-48-52-56-60-68(77)74-65(64-83-73-72(81)71(80)70(79)67(63-75)84-73)66(76)59-55-51-47-43-39-14-12-10-8-6-4-2/h20,22,39,43,55,59,65-67,70-73,75-76,79-81H,3-19,21,23-38,40-42,44-54,56-58,60-64H2,1-2H3,(H,74,77)/b22-20-,43-39+,59-55+. The highest BCUT2D eigenvalue weighted by molar-refractivity contribution is 5.76. The van der Waals surface area contributed by atoms with Crippen LogP contribution in [0, 0.1) is 0 Å². The first-order valence-electron chi connectivity index (χ1n) is 36.3. The molecule has 0 aliphatic carbocycles. The molecule has 0 aromatic rings. The maximum atomic E-state index is 13.0. The second-order valence-corrected chi connectivity index (χ2v) is 25.3. The molecule has 0 bridgehead atoms. The predicted octanol–water partition coefficient (Wildman–Crippen LogP) is 18.6. The summed E-state index contributed by atoms with van der Waals surface area (Å²) in [5, 5.41) is 54.4. The third-order valence-corrected chi connectivity index (χ3v) is 17.2. The van der Waals surface area contributed by atoms with Gasteiger partial charge in [0.15, 0.2) is 6.29 Å². The Morgan fingerprint density at radius 2 is 0.774 bits per heavy atom. The van der Waals surface area contributed by atoms with Crippen LogP contribution in [0.5, 0.6) is 0 Å². The Hall–Kier alpha value is -2.12. The SMILES string of the molecule is CCCCCCC/C=C/CC/C=C/C(O)C(COC1OC(CO)C(O)C(O)C1O)NC(=O)CCCCCCCCCCCCCCCCCCC/C=C\CCCCCCCCCCCCCCOC(=O)CCCCCCCCCCCCCC. The first kappa shape index (κ1) is 79.9. The lowest BCUT2D eigenvalue weighted by atomic mass is 9.99. The number of hydrogen-bond donors (Lipinski definition) is 6. The number of hydrogen-bond acceptors (Lipinski definition) is 10. The second-order valence-electron chi connectivity index (χ2n) is 25.3. The number of aliphatic hydroxyl groups is 5. The lowest BCUT2D eigenvalue weighted by molar-refractivity contribution is -0.302. The summed E-state index contributed by atoms with van der Waals surface area (Å²) in [6.07, 6.45) is 70.2. The molecule has 1 fully saturated rings. The van der Waals surface area contributed by atoms with Crippen molar-refractivity contribution in [3.63, 3.8) is 0 Å². The maximum Gasteiger partial charge on any atom is 0.305 e. The number of esters is 1. The van der Waals surface area contributed by atoms with Gasteiger partial charge >= 0.3 is 5.97 Å². The molecule has 0 aromatic carbocycles. The zero-order valence-electron chi connectivity index (χ0n) is 54.9. The summed E-state index contributed by atoms with van der Waals surface area (Å²) in [5.74, 6) is -0.176. The van der Waals surface area contributed by atoms with E-state index in [1.54, 1.807) is 6.08 Å². The zero-order valence-corrected chi connectivity index (χ0v) is 54.9. The van der Waals surface area contributed by atoms with Crippen molar-refractivity contribution in [2.45, 2.75) is 397 Å². The van der Waals surface area contributed by atoms with Gasteiger partial charge in [0.1, 0.15) is 24.4 Å². The fourth-order valence-electron chi connectivity index (χ4n) is 11.5. The Morgan fingerprint density at radius 1 is 0.429 bits per heavy atom. The van der Waals surface area contributed by atoms with Gasteiger partial charge in [0.05, 0.1) is 32.0 Å². The molecule has 1 heterocycles. The van der Waals surface area contributed by atoms with Crippen molar-refractivity contribution in [3.05, 3.63) is 36.5 Å². The molecule has 0 radical (unpaired) electrons. The van der Waals surface area contributed by atoms with Crippen LogP contribution in [0.1, 0.15) is 354 Å². The van der Waals surface area contributed by atoms with Gasteiger partial charge in [-0.05, 0) is 70.6 Å². The van der Waals surface area contributed by atoms with Gasteiger partial charge in [-0.3, -0.25) is 9.59 Å². The summed E-state index contributed by atoms with van der Waals surface area (Å²) < 4.78 is 16.7. The first-order chi connectivity index (χ1) is 41.2. The van der Waals surface area contributed by atoms with Crippen LogP contribution in [0.25, 0.3) is 0 Å². The van der Waals surface area contributed by atoms with E-state index in [0.29, 0.717) is 19.4 Å². The Kier molecular flexibility index (Phi) is 59.4. The van der Waals surface area contributed by atoms with Crippen molar-refractivity contribution in [1.29, 1.82) is 0 Å². The van der Waals surface area contributed by atoms with Crippen molar-refractivity contribution in [2.24, 2.45) is 0 Å². The van der Waals surface area contributed by atoms with Crippen LogP contribution in [-0.4, -0.2) is 100 Å². The molecule has 7 unspecified atom stereocenters. The van der Waals surface area contributed by atoms with Gasteiger partial charge < -0.3 is 45.1 Å². The molecule has 494 valence electrons. The smallest absolute Gasteiger partial charge is 0.305 e. The normalized spacial score (nSPS) is 18.2. The number of carbonyl (C=O) groups excluding carboxylic acids is 2. The Balaban J connectivity index is 1.93. The molecule has 0 spiro atoms. The highest BCUT2D eigenvalue weighted by atomic mass is 16.7.